The van der Waals surface area contributed by atoms with Crippen molar-refractivity contribution in [1.29, 1.82) is 0 Å². The van der Waals surface area contributed by atoms with Gasteiger partial charge >= 0.3 is 0 Å². The van der Waals surface area contributed by atoms with Crippen LogP contribution in [0.5, 0.6) is 5.75 Å². The fraction of sp³-hybridized carbons (Fsp3) is 0.250. The molecule has 0 aliphatic heterocycles. The topological polar surface area (TPSA) is 46.2 Å². The Kier molecular flexibility index (Phi) is 2.89. The highest BCUT2D eigenvalue weighted by Crippen LogP contribution is 2.26. The smallest absolute Gasteiger partial charge is 0.137 e. The molecular formula is C8H9ClFNO. The summed E-state index contributed by atoms with van der Waals surface area (Å²) in [7, 11) is 0. The monoisotopic (exact) mass is 189 g/mol. The van der Waals surface area contributed by atoms with Crippen molar-refractivity contribution >= 4 is 11.6 Å². The van der Waals surface area contributed by atoms with E-state index in [4.69, 9.17) is 22.4 Å². The van der Waals surface area contributed by atoms with Crippen LogP contribution < -0.4 is 5.73 Å². The van der Waals surface area contributed by atoms with Gasteiger partial charge in [0, 0.05) is 6.07 Å². The fourth-order valence-electron chi connectivity index (χ4n) is 0.925. The van der Waals surface area contributed by atoms with Crippen LogP contribution in [0, 0.1) is 5.82 Å². The van der Waals surface area contributed by atoms with E-state index in [1.54, 1.807) is 0 Å². The summed E-state index contributed by atoms with van der Waals surface area (Å²) >= 11 is 5.56. The third-order valence-electron chi connectivity index (χ3n) is 1.53. The summed E-state index contributed by atoms with van der Waals surface area (Å²) in [5.41, 5.74) is 5.68. The van der Waals surface area contributed by atoms with Crippen LogP contribution in [-0.4, -0.2) is 11.7 Å². The second kappa shape index (κ2) is 3.74. The molecule has 0 aliphatic rings. The molecule has 3 N–H and O–H groups in total. The lowest BCUT2D eigenvalue weighted by molar-refractivity contribution is 0.468. The third kappa shape index (κ3) is 1.87. The van der Waals surface area contributed by atoms with Crippen molar-refractivity contribution < 1.29 is 9.50 Å². The molecule has 0 fully saturated rings. The summed E-state index contributed by atoms with van der Waals surface area (Å²) in [6.45, 7) is 0.359. The Labute approximate surface area is 74.8 Å². The summed E-state index contributed by atoms with van der Waals surface area (Å²) < 4.78 is 12.9. The predicted octanol–water partition coefficient (Wildman–Crippen LogP) is 1.69. The van der Waals surface area contributed by atoms with Gasteiger partial charge in [0.15, 0.2) is 0 Å². The van der Waals surface area contributed by atoms with Crippen molar-refractivity contribution in [3.05, 3.63) is 28.5 Å². The van der Waals surface area contributed by atoms with Gasteiger partial charge in [0.25, 0.3) is 0 Å². The SMILES string of the molecule is NCCc1cc(Cl)c(O)cc1F. The van der Waals surface area contributed by atoms with Gasteiger partial charge in [-0.1, -0.05) is 11.6 Å². The minimum Gasteiger partial charge on any atom is -0.506 e. The number of hydrogen-bond acceptors (Lipinski definition) is 2. The minimum atomic E-state index is -0.470. The number of benzene rings is 1. The third-order valence-corrected chi connectivity index (χ3v) is 1.83. The molecule has 0 aromatic heterocycles. The average Bonchev–Trinajstić information content (AvgIpc) is 2.01. The number of aromatic hydroxyl groups is 1. The van der Waals surface area contributed by atoms with E-state index in [1.165, 1.54) is 6.07 Å². The Morgan fingerprint density at radius 2 is 2.17 bits per heavy atom. The highest BCUT2D eigenvalue weighted by Gasteiger charge is 2.06. The van der Waals surface area contributed by atoms with Crippen LogP contribution in [0.2, 0.25) is 5.02 Å². The molecule has 0 aliphatic carbocycles. The molecule has 0 heterocycles. The van der Waals surface area contributed by atoms with Crippen LogP contribution in [0.3, 0.4) is 0 Å². The number of rotatable bonds is 2. The average molecular weight is 190 g/mol. The molecule has 0 radical (unpaired) electrons. The second-order valence-corrected chi connectivity index (χ2v) is 2.84. The van der Waals surface area contributed by atoms with Gasteiger partial charge in [-0.15, -0.1) is 0 Å². The van der Waals surface area contributed by atoms with Crippen LogP contribution in [0.1, 0.15) is 5.56 Å². The molecule has 0 atom stereocenters. The largest absolute Gasteiger partial charge is 0.506 e. The maximum absolute atomic E-state index is 12.9. The lowest BCUT2D eigenvalue weighted by atomic mass is 10.1. The fourth-order valence-corrected chi connectivity index (χ4v) is 1.11. The highest BCUT2D eigenvalue weighted by molar-refractivity contribution is 6.32. The Bertz CT molecular complexity index is 291. The molecule has 1 rings (SSSR count). The summed E-state index contributed by atoms with van der Waals surface area (Å²) in [5, 5.41) is 9.14. The molecule has 12 heavy (non-hydrogen) atoms. The molecule has 0 unspecified atom stereocenters. The molecular weight excluding hydrogens is 181 g/mol. The van der Waals surface area contributed by atoms with Gasteiger partial charge in [-0.25, -0.2) is 4.39 Å². The van der Waals surface area contributed by atoms with Crippen LogP contribution >= 0.6 is 11.6 Å². The van der Waals surface area contributed by atoms with Crippen molar-refractivity contribution in [1.82, 2.24) is 0 Å². The van der Waals surface area contributed by atoms with Crippen LogP contribution in [0.4, 0.5) is 4.39 Å². The molecule has 0 saturated carbocycles. The van der Waals surface area contributed by atoms with E-state index in [0.717, 1.165) is 6.07 Å². The number of phenolic OH excluding ortho intramolecular Hbond substituents is 1. The van der Waals surface area contributed by atoms with Gasteiger partial charge in [0.1, 0.15) is 11.6 Å². The maximum Gasteiger partial charge on any atom is 0.137 e. The van der Waals surface area contributed by atoms with Crippen molar-refractivity contribution in [2.24, 2.45) is 5.73 Å². The molecule has 1 aromatic rings. The number of phenols is 1. The van der Waals surface area contributed by atoms with E-state index in [-0.39, 0.29) is 10.8 Å². The zero-order chi connectivity index (χ0) is 9.14. The first kappa shape index (κ1) is 9.29. The number of nitrogens with two attached hydrogens (primary N) is 1. The first-order chi connectivity index (χ1) is 5.65. The number of hydrogen-bond donors (Lipinski definition) is 2. The standard InChI is InChI=1S/C8H9ClFNO/c9-6-3-5(1-2-11)7(10)4-8(6)12/h3-4,12H,1-2,11H2. The van der Waals surface area contributed by atoms with Gasteiger partial charge in [-0.05, 0) is 24.6 Å². The van der Waals surface area contributed by atoms with Gasteiger partial charge in [0.05, 0.1) is 5.02 Å². The van der Waals surface area contributed by atoms with E-state index >= 15 is 0 Å². The second-order valence-electron chi connectivity index (χ2n) is 2.43. The zero-order valence-electron chi connectivity index (χ0n) is 6.35. The molecule has 1 aromatic carbocycles. The molecule has 0 bridgehead atoms. The molecule has 4 heteroatoms. The molecule has 0 spiro atoms. The normalized spacial score (nSPS) is 10.2. The Hall–Kier alpha value is -0.800. The minimum absolute atomic E-state index is 0.153. The van der Waals surface area contributed by atoms with Crippen molar-refractivity contribution in [2.45, 2.75) is 6.42 Å². The van der Waals surface area contributed by atoms with E-state index in [2.05, 4.69) is 0 Å². The molecule has 0 saturated heterocycles. The summed E-state index contributed by atoms with van der Waals surface area (Å²) in [6, 6.07) is 2.38. The first-order valence-electron chi connectivity index (χ1n) is 3.52. The van der Waals surface area contributed by atoms with Gasteiger partial charge in [-0.2, -0.15) is 0 Å². The Morgan fingerprint density at radius 1 is 1.50 bits per heavy atom. The van der Waals surface area contributed by atoms with Gasteiger partial charge in [0.2, 0.25) is 0 Å². The van der Waals surface area contributed by atoms with Crippen LogP contribution in [0.25, 0.3) is 0 Å². The maximum atomic E-state index is 12.9. The molecule has 66 valence electrons. The van der Waals surface area contributed by atoms with Crippen molar-refractivity contribution in [3.63, 3.8) is 0 Å². The number of halogens is 2. The zero-order valence-corrected chi connectivity index (χ0v) is 7.11. The lowest BCUT2D eigenvalue weighted by Gasteiger charge is -2.03. The van der Waals surface area contributed by atoms with E-state index in [1.807, 2.05) is 0 Å². The predicted molar refractivity (Wildman–Crippen MR) is 45.8 cm³/mol. The summed E-state index contributed by atoms with van der Waals surface area (Å²) in [6.07, 6.45) is 0.422. The quantitative estimate of drug-likeness (QED) is 0.744. The highest BCUT2D eigenvalue weighted by atomic mass is 35.5. The lowest BCUT2D eigenvalue weighted by Crippen LogP contribution is -2.04. The molecule has 0 amide bonds. The molecule has 2 nitrogen and oxygen atoms in total. The summed E-state index contributed by atoms with van der Waals surface area (Å²) in [4.78, 5) is 0. The van der Waals surface area contributed by atoms with Crippen molar-refractivity contribution in [2.75, 3.05) is 6.54 Å². The van der Waals surface area contributed by atoms with Gasteiger partial charge in [-0.3, -0.25) is 0 Å². The van der Waals surface area contributed by atoms with E-state index < -0.39 is 5.82 Å². The summed E-state index contributed by atoms with van der Waals surface area (Å²) in [5.74, 6) is -0.711. The van der Waals surface area contributed by atoms with E-state index in [9.17, 15) is 4.39 Å². The Morgan fingerprint density at radius 3 is 2.75 bits per heavy atom. The van der Waals surface area contributed by atoms with Crippen LogP contribution in [0.15, 0.2) is 12.1 Å². The first-order valence-corrected chi connectivity index (χ1v) is 3.90. The van der Waals surface area contributed by atoms with Crippen LogP contribution in [-0.2, 0) is 6.42 Å². The Balaban J connectivity index is 3.05. The van der Waals surface area contributed by atoms with Crippen molar-refractivity contribution in [3.8, 4) is 5.75 Å². The van der Waals surface area contributed by atoms with E-state index in [0.29, 0.717) is 18.5 Å². The van der Waals surface area contributed by atoms with Gasteiger partial charge < -0.3 is 10.8 Å².